The van der Waals surface area contributed by atoms with Crippen LogP contribution in [0, 0.1) is 6.92 Å². The summed E-state index contributed by atoms with van der Waals surface area (Å²) in [4.78, 5) is 16.8. The number of ether oxygens (including phenoxy) is 1. The molecule has 0 spiro atoms. The van der Waals surface area contributed by atoms with E-state index in [0.717, 1.165) is 17.8 Å². The van der Waals surface area contributed by atoms with Crippen molar-refractivity contribution in [3.05, 3.63) is 65.6 Å². The van der Waals surface area contributed by atoms with Crippen molar-refractivity contribution in [3.8, 4) is 5.75 Å². The molecule has 0 atom stereocenters. The van der Waals surface area contributed by atoms with Crippen LogP contribution in [0.3, 0.4) is 0 Å². The Morgan fingerprint density at radius 2 is 1.88 bits per heavy atom. The monoisotopic (exact) mass is 351 g/mol. The molecule has 3 aromatic rings. The summed E-state index contributed by atoms with van der Waals surface area (Å²) in [7, 11) is 0. The van der Waals surface area contributed by atoms with Crippen molar-refractivity contribution < 1.29 is 9.53 Å². The van der Waals surface area contributed by atoms with Crippen LogP contribution in [0.4, 0.5) is 0 Å². The first-order chi connectivity index (χ1) is 12.4. The molecule has 1 amide bonds. The fourth-order valence-electron chi connectivity index (χ4n) is 2.55. The van der Waals surface area contributed by atoms with E-state index in [1.165, 1.54) is 5.56 Å². The van der Waals surface area contributed by atoms with Crippen LogP contribution in [0.25, 0.3) is 5.65 Å². The van der Waals surface area contributed by atoms with Crippen LogP contribution in [0.15, 0.2) is 48.8 Å². The topological polar surface area (TPSA) is 55.6 Å². The molecule has 3 rings (SSSR count). The Bertz CT molecular complexity index is 911. The molecule has 2 heterocycles. The number of benzene rings is 1. The SMILES string of the molecule is CCC(C)(C)NC(=O)c1ccc(OCc2cn3cc(C)ccc3n2)cc1. The molecule has 136 valence electrons. The first-order valence-corrected chi connectivity index (χ1v) is 8.86. The van der Waals surface area contributed by atoms with Gasteiger partial charge in [-0.15, -0.1) is 0 Å². The highest BCUT2D eigenvalue weighted by Crippen LogP contribution is 2.16. The number of imidazole rings is 1. The Hall–Kier alpha value is -2.82. The van der Waals surface area contributed by atoms with Gasteiger partial charge in [0.1, 0.15) is 18.0 Å². The van der Waals surface area contributed by atoms with Gasteiger partial charge in [-0.05, 0) is 63.1 Å². The molecular formula is C21H25N3O2. The van der Waals surface area contributed by atoms with E-state index in [2.05, 4.69) is 24.1 Å². The van der Waals surface area contributed by atoms with Gasteiger partial charge < -0.3 is 14.5 Å². The molecule has 0 radical (unpaired) electrons. The van der Waals surface area contributed by atoms with Gasteiger partial charge in [-0.25, -0.2) is 4.98 Å². The lowest BCUT2D eigenvalue weighted by Crippen LogP contribution is -2.42. The smallest absolute Gasteiger partial charge is 0.251 e. The maximum atomic E-state index is 12.3. The Morgan fingerprint density at radius 1 is 1.15 bits per heavy atom. The second-order valence-corrected chi connectivity index (χ2v) is 7.21. The molecule has 0 bridgehead atoms. The number of carbonyl (C=O) groups excluding carboxylic acids is 1. The Balaban J connectivity index is 1.62. The van der Waals surface area contributed by atoms with Crippen molar-refractivity contribution in [1.29, 1.82) is 0 Å². The van der Waals surface area contributed by atoms with Crippen LogP contribution in [-0.4, -0.2) is 20.8 Å². The largest absolute Gasteiger partial charge is 0.487 e. The van der Waals surface area contributed by atoms with Gasteiger partial charge in [-0.2, -0.15) is 0 Å². The normalized spacial score (nSPS) is 11.5. The summed E-state index contributed by atoms with van der Waals surface area (Å²) >= 11 is 0. The number of hydrogen-bond donors (Lipinski definition) is 1. The first-order valence-electron chi connectivity index (χ1n) is 8.86. The van der Waals surface area contributed by atoms with Crippen LogP contribution in [0.2, 0.25) is 0 Å². The zero-order chi connectivity index (χ0) is 18.7. The third-order valence-corrected chi connectivity index (χ3v) is 4.49. The Labute approximate surface area is 154 Å². The molecule has 0 saturated heterocycles. The average molecular weight is 351 g/mol. The maximum absolute atomic E-state index is 12.3. The highest BCUT2D eigenvalue weighted by molar-refractivity contribution is 5.94. The molecular weight excluding hydrogens is 326 g/mol. The number of amides is 1. The molecule has 0 saturated carbocycles. The zero-order valence-electron chi connectivity index (χ0n) is 15.7. The molecule has 5 nitrogen and oxygen atoms in total. The number of aryl methyl sites for hydroxylation is 1. The molecule has 1 N–H and O–H groups in total. The van der Waals surface area contributed by atoms with Gasteiger partial charge in [0.05, 0.1) is 5.69 Å². The van der Waals surface area contributed by atoms with E-state index in [-0.39, 0.29) is 11.4 Å². The molecule has 1 aromatic carbocycles. The molecule has 0 aliphatic heterocycles. The van der Waals surface area contributed by atoms with Crippen LogP contribution in [0.5, 0.6) is 5.75 Å². The number of carbonyl (C=O) groups is 1. The van der Waals surface area contributed by atoms with Crippen LogP contribution in [-0.2, 0) is 6.61 Å². The average Bonchev–Trinajstić information content (AvgIpc) is 3.02. The minimum absolute atomic E-state index is 0.0703. The van der Waals surface area contributed by atoms with Gasteiger partial charge in [-0.1, -0.05) is 13.0 Å². The van der Waals surface area contributed by atoms with E-state index in [1.807, 2.05) is 54.9 Å². The number of fused-ring (bicyclic) bond motifs is 1. The summed E-state index contributed by atoms with van der Waals surface area (Å²) in [5.74, 6) is 0.642. The number of rotatable bonds is 6. The minimum Gasteiger partial charge on any atom is -0.487 e. The maximum Gasteiger partial charge on any atom is 0.251 e. The summed E-state index contributed by atoms with van der Waals surface area (Å²) in [5, 5.41) is 3.03. The van der Waals surface area contributed by atoms with Crippen molar-refractivity contribution >= 4 is 11.6 Å². The number of hydrogen-bond acceptors (Lipinski definition) is 3. The van der Waals surface area contributed by atoms with Crippen molar-refractivity contribution in [2.75, 3.05) is 0 Å². The number of aromatic nitrogens is 2. The van der Waals surface area contributed by atoms with Crippen molar-refractivity contribution in [1.82, 2.24) is 14.7 Å². The van der Waals surface area contributed by atoms with E-state index in [1.54, 1.807) is 12.1 Å². The lowest BCUT2D eigenvalue weighted by Gasteiger charge is -2.24. The molecule has 2 aromatic heterocycles. The molecule has 0 unspecified atom stereocenters. The molecule has 5 heteroatoms. The van der Waals surface area contributed by atoms with Gasteiger partial charge in [0.25, 0.3) is 5.91 Å². The van der Waals surface area contributed by atoms with E-state index < -0.39 is 0 Å². The van der Waals surface area contributed by atoms with Crippen molar-refractivity contribution in [2.45, 2.75) is 46.3 Å². The number of pyridine rings is 1. The zero-order valence-corrected chi connectivity index (χ0v) is 15.7. The van der Waals surface area contributed by atoms with Gasteiger partial charge in [-0.3, -0.25) is 4.79 Å². The lowest BCUT2D eigenvalue weighted by atomic mass is 10.0. The Kier molecular flexibility index (Phi) is 4.98. The first kappa shape index (κ1) is 18.0. The highest BCUT2D eigenvalue weighted by atomic mass is 16.5. The summed E-state index contributed by atoms with van der Waals surface area (Å²) in [5.41, 5.74) is 3.36. The second-order valence-electron chi connectivity index (χ2n) is 7.21. The quantitative estimate of drug-likeness (QED) is 0.726. The van der Waals surface area contributed by atoms with Gasteiger partial charge >= 0.3 is 0 Å². The predicted octanol–water partition coefficient (Wildman–Crippen LogP) is 4.14. The minimum atomic E-state index is -0.215. The molecule has 0 aliphatic rings. The summed E-state index contributed by atoms with van der Waals surface area (Å²) in [6, 6.07) is 11.2. The predicted molar refractivity (Wildman–Crippen MR) is 103 cm³/mol. The van der Waals surface area contributed by atoms with E-state index >= 15 is 0 Å². The summed E-state index contributed by atoms with van der Waals surface area (Å²) < 4.78 is 7.80. The molecule has 0 fully saturated rings. The summed E-state index contributed by atoms with van der Waals surface area (Å²) in [6.45, 7) is 8.51. The number of nitrogens with zero attached hydrogens (tertiary/aromatic N) is 2. The summed E-state index contributed by atoms with van der Waals surface area (Å²) in [6.07, 6.45) is 4.88. The second kappa shape index (κ2) is 7.20. The molecule has 26 heavy (non-hydrogen) atoms. The van der Waals surface area contributed by atoms with Crippen molar-refractivity contribution in [3.63, 3.8) is 0 Å². The van der Waals surface area contributed by atoms with Gasteiger partial charge in [0.15, 0.2) is 0 Å². The fraction of sp³-hybridized carbons (Fsp3) is 0.333. The third-order valence-electron chi connectivity index (χ3n) is 4.49. The molecule has 0 aliphatic carbocycles. The van der Waals surface area contributed by atoms with Crippen molar-refractivity contribution in [2.24, 2.45) is 0 Å². The van der Waals surface area contributed by atoms with Gasteiger partial charge in [0, 0.05) is 23.5 Å². The van der Waals surface area contributed by atoms with Gasteiger partial charge in [0.2, 0.25) is 0 Å². The van der Waals surface area contributed by atoms with Crippen LogP contribution < -0.4 is 10.1 Å². The fourth-order valence-corrected chi connectivity index (χ4v) is 2.55. The van der Waals surface area contributed by atoms with E-state index in [0.29, 0.717) is 17.9 Å². The number of nitrogens with one attached hydrogen (secondary N) is 1. The van der Waals surface area contributed by atoms with Crippen LogP contribution in [0.1, 0.15) is 48.8 Å². The lowest BCUT2D eigenvalue weighted by molar-refractivity contribution is 0.0911. The standard InChI is InChI=1S/C21H25N3O2/c1-5-21(3,4)23-20(25)16-7-9-18(10-8-16)26-14-17-13-24-12-15(2)6-11-19(24)22-17/h6-13H,5,14H2,1-4H3,(H,23,25). The van der Waals surface area contributed by atoms with E-state index in [9.17, 15) is 4.79 Å². The third kappa shape index (κ3) is 4.23. The highest BCUT2D eigenvalue weighted by Gasteiger charge is 2.18. The van der Waals surface area contributed by atoms with E-state index in [4.69, 9.17) is 4.74 Å². The Morgan fingerprint density at radius 3 is 2.58 bits per heavy atom. The van der Waals surface area contributed by atoms with Crippen LogP contribution >= 0.6 is 0 Å².